The van der Waals surface area contributed by atoms with Gasteiger partial charge in [-0.3, -0.25) is 4.68 Å². The molecule has 0 spiro atoms. The summed E-state index contributed by atoms with van der Waals surface area (Å²) in [6, 6.07) is 6.52. The maximum atomic E-state index is 15.1. The van der Waals surface area contributed by atoms with Crippen molar-refractivity contribution < 1.29 is 23.0 Å². The highest BCUT2D eigenvalue weighted by molar-refractivity contribution is 6.31. The van der Waals surface area contributed by atoms with Crippen LogP contribution < -0.4 is 4.73 Å². The molecule has 5 aromatic rings. The molecule has 0 aliphatic carbocycles. The van der Waals surface area contributed by atoms with Gasteiger partial charge in [-0.15, -0.1) is 5.10 Å². The van der Waals surface area contributed by atoms with E-state index in [1.165, 1.54) is 70.8 Å². The average Bonchev–Trinajstić information content (AvgIpc) is 3.66. The van der Waals surface area contributed by atoms with E-state index in [1.54, 1.807) is 0 Å². The Hall–Kier alpha value is -4.30. The number of pyridine rings is 1. The second kappa shape index (κ2) is 9.99. The van der Waals surface area contributed by atoms with E-state index in [2.05, 4.69) is 25.7 Å². The van der Waals surface area contributed by atoms with Crippen LogP contribution in [0.4, 0.5) is 13.2 Å². The van der Waals surface area contributed by atoms with Gasteiger partial charge in [-0.25, -0.2) is 9.07 Å². The summed E-state index contributed by atoms with van der Waals surface area (Å²) in [7, 11) is 0. The van der Waals surface area contributed by atoms with Crippen molar-refractivity contribution >= 4 is 11.6 Å². The first kappa shape index (κ1) is 24.4. The molecular weight excluding hydrogens is 515 g/mol. The fourth-order valence-corrected chi connectivity index (χ4v) is 4.21. The summed E-state index contributed by atoms with van der Waals surface area (Å²) in [5.74, 6) is -0.762. The number of hydrogen-bond acceptors (Lipinski definition) is 7. The molecule has 0 radical (unpaired) electrons. The number of nitrogens with zero attached hydrogens (tertiary/aromatic N) is 9. The molecule has 11 nitrogen and oxygen atoms in total. The number of benzene rings is 1. The van der Waals surface area contributed by atoms with Gasteiger partial charge in [0.15, 0.2) is 12.0 Å². The van der Waals surface area contributed by atoms with Gasteiger partial charge in [-0.1, -0.05) is 11.6 Å². The summed E-state index contributed by atoms with van der Waals surface area (Å²) in [6.45, 7) is -3.13. The van der Waals surface area contributed by atoms with Gasteiger partial charge in [0.25, 0.3) is 0 Å². The lowest BCUT2D eigenvalue weighted by Gasteiger charge is -2.17. The van der Waals surface area contributed by atoms with Crippen LogP contribution in [0.2, 0.25) is 5.02 Å². The SMILES string of the molecule is [O-][n+]1cc(-c2c(-n3cnnn3)ccc(Cl)c2F)ccc1[C@@H](CCO)n1cc(-c2ccnn2C(F)F)cn1. The van der Waals surface area contributed by atoms with Crippen molar-refractivity contribution in [2.75, 3.05) is 6.61 Å². The zero-order chi connectivity index (χ0) is 26.1. The van der Waals surface area contributed by atoms with Crippen LogP contribution >= 0.6 is 11.6 Å². The van der Waals surface area contributed by atoms with Gasteiger partial charge >= 0.3 is 6.55 Å². The van der Waals surface area contributed by atoms with E-state index in [4.69, 9.17) is 11.6 Å². The average molecular weight is 532 g/mol. The lowest BCUT2D eigenvalue weighted by Crippen LogP contribution is -2.35. The number of halogens is 4. The minimum atomic E-state index is -2.84. The topological polar surface area (TPSA) is 126 Å². The van der Waals surface area contributed by atoms with E-state index < -0.39 is 18.4 Å². The van der Waals surface area contributed by atoms with Crippen molar-refractivity contribution in [3.05, 3.63) is 83.2 Å². The number of hydrogen-bond donors (Lipinski definition) is 1. The van der Waals surface area contributed by atoms with Crippen molar-refractivity contribution in [3.63, 3.8) is 0 Å². The molecule has 4 heterocycles. The summed E-state index contributed by atoms with van der Waals surface area (Å²) in [4.78, 5) is 0. The molecule has 4 aromatic heterocycles. The van der Waals surface area contributed by atoms with E-state index in [9.17, 15) is 19.1 Å². The van der Waals surface area contributed by atoms with Gasteiger partial charge in [0.1, 0.15) is 12.4 Å². The van der Waals surface area contributed by atoms with Crippen LogP contribution in [0.3, 0.4) is 0 Å². The Morgan fingerprint density at radius 1 is 1.11 bits per heavy atom. The van der Waals surface area contributed by atoms with Crippen LogP contribution in [0, 0.1) is 11.0 Å². The molecule has 1 atom stereocenters. The Morgan fingerprint density at radius 3 is 2.65 bits per heavy atom. The Kier molecular flexibility index (Phi) is 6.58. The Labute approximate surface area is 211 Å². The van der Waals surface area contributed by atoms with Crippen LogP contribution in [0.1, 0.15) is 24.7 Å². The van der Waals surface area contributed by atoms with Crippen LogP contribution in [0.25, 0.3) is 28.1 Å². The van der Waals surface area contributed by atoms with Gasteiger partial charge in [0.2, 0.25) is 5.69 Å². The Bertz CT molecular complexity index is 1540. The molecule has 0 bridgehead atoms. The van der Waals surface area contributed by atoms with Gasteiger partial charge in [-0.05, 0) is 34.7 Å². The largest absolute Gasteiger partial charge is 0.618 e. The molecule has 0 fully saturated rings. The molecule has 15 heteroatoms. The summed E-state index contributed by atoms with van der Waals surface area (Å²) >= 11 is 6.00. The molecule has 0 unspecified atom stereocenters. The standard InChI is InChI=1S/C22H17ClF3N9O2/c23-15-2-4-19(33-12-27-30-31-33)20(21(15)24)13-1-3-18(34(37)11-13)17(6-8-36)32-10-14(9-29-32)16-5-7-28-35(16)22(25)26/h1-5,7,9-12,17,22,36H,6,8H2/t17-/m1/s1. The number of tetrazole rings is 1. The Morgan fingerprint density at radius 2 is 1.95 bits per heavy atom. The van der Waals surface area contributed by atoms with E-state index >= 15 is 4.39 Å². The van der Waals surface area contributed by atoms with Gasteiger partial charge in [0, 0.05) is 37.1 Å². The molecule has 0 amide bonds. The number of aromatic nitrogens is 9. The molecule has 0 saturated carbocycles. The third-order valence-corrected chi connectivity index (χ3v) is 6.01. The predicted octanol–water partition coefficient (Wildman–Crippen LogP) is 3.18. The van der Waals surface area contributed by atoms with Crippen LogP contribution in [-0.4, -0.2) is 51.5 Å². The first-order chi connectivity index (χ1) is 17.9. The summed E-state index contributed by atoms with van der Waals surface area (Å²) < 4.78 is 45.3. The smallest absolute Gasteiger partial charge is 0.333 e. The highest BCUT2D eigenvalue weighted by Gasteiger charge is 2.26. The molecule has 37 heavy (non-hydrogen) atoms. The van der Waals surface area contributed by atoms with E-state index in [0.717, 1.165) is 0 Å². The molecule has 0 saturated heterocycles. The molecule has 5 rings (SSSR count). The molecule has 0 aliphatic heterocycles. The minimum absolute atomic E-state index is 0.0105. The van der Waals surface area contributed by atoms with Gasteiger partial charge in [-0.2, -0.15) is 28.4 Å². The number of aliphatic hydroxyl groups excluding tert-OH is 1. The normalized spacial score (nSPS) is 12.4. The monoisotopic (exact) mass is 531 g/mol. The van der Waals surface area contributed by atoms with Crippen LogP contribution in [0.5, 0.6) is 0 Å². The highest BCUT2D eigenvalue weighted by atomic mass is 35.5. The van der Waals surface area contributed by atoms with E-state index in [0.29, 0.717) is 15.0 Å². The predicted molar refractivity (Wildman–Crippen MR) is 123 cm³/mol. The third-order valence-electron chi connectivity index (χ3n) is 5.72. The van der Waals surface area contributed by atoms with Crippen molar-refractivity contribution in [2.45, 2.75) is 19.0 Å². The third kappa shape index (κ3) is 4.51. The van der Waals surface area contributed by atoms with Crippen molar-refractivity contribution in [1.82, 2.24) is 39.8 Å². The van der Waals surface area contributed by atoms with Crippen molar-refractivity contribution in [1.29, 1.82) is 0 Å². The molecular formula is C22H17ClF3N9O2. The quantitative estimate of drug-likeness (QED) is 0.241. The molecule has 1 N–H and O–H groups in total. The van der Waals surface area contributed by atoms with Gasteiger partial charge < -0.3 is 10.3 Å². The highest BCUT2D eigenvalue weighted by Crippen LogP contribution is 2.33. The second-order valence-corrected chi connectivity index (χ2v) is 8.26. The van der Waals surface area contributed by atoms with Crippen molar-refractivity contribution in [2.24, 2.45) is 0 Å². The van der Waals surface area contributed by atoms with Crippen LogP contribution in [-0.2, 0) is 0 Å². The zero-order valence-electron chi connectivity index (χ0n) is 18.7. The zero-order valence-corrected chi connectivity index (χ0v) is 19.5. The fourth-order valence-electron chi connectivity index (χ4n) is 4.05. The lowest BCUT2D eigenvalue weighted by molar-refractivity contribution is -0.615. The van der Waals surface area contributed by atoms with Gasteiger partial charge in [0.05, 0.1) is 33.7 Å². The minimum Gasteiger partial charge on any atom is -0.618 e. The summed E-state index contributed by atoms with van der Waals surface area (Å²) in [6.07, 6.45) is 6.63. The number of rotatable bonds is 8. The second-order valence-electron chi connectivity index (χ2n) is 7.85. The molecule has 1 aromatic carbocycles. The first-order valence-corrected chi connectivity index (χ1v) is 11.2. The first-order valence-electron chi connectivity index (χ1n) is 10.8. The van der Waals surface area contributed by atoms with Crippen molar-refractivity contribution in [3.8, 4) is 28.1 Å². The summed E-state index contributed by atoms with van der Waals surface area (Å²) in [5, 5.41) is 41.4. The van der Waals surface area contributed by atoms with Crippen LogP contribution in [0.15, 0.2) is 61.4 Å². The maximum absolute atomic E-state index is 15.1. The fraction of sp³-hybridized carbons (Fsp3) is 0.182. The van der Waals surface area contributed by atoms with E-state index in [-0.39, 0.29) is 46.3 Å². The lowest BCUT2D eigenvalue weighted by atomic mass is 10.0. The van der Waals surface area contributed by atoms with E-state index in [1.807, 2.05) is 0 Å². The molecule has 190 valence electrons. The Balaban J connectivity index is 1.54. The number of alkyl halides is 2. The maximum Gasteiger partial charge on any atom is 0.333 e. The number of aliphatic hydroxyl groups is 1. The summed E-state index contributed by atoms with van der Waals surface area (Å²) in [5.41, 5.74) is 1.15. The molecule has 0 aliphatic rings.